The standard InChI is InChI=1S/C21H22ClF3N2O3/c1-4-13(2)30-20-17(22)9-15(10-18(20)29-3)12-26-27-19(28)11-14-6-5-7-16(8-14)21(23,24)25/h5-10,12-13H,4,11H2,1-3H3,(H,27,28)/b26-12+/t13-/m0/s1. The van der Waals surface area contributed by atoms with Crippen molar-refractivity contribution in [2.45, 2.75) is 39.0 Å². The van der Waals surface area contributed by atoms with Crippen molar-refractivity contribution in [2.75, 3.05) is 7.11 Å². The van der Waals surface area contributed by atoms with E-state index in [1.165, 1.54) is 25.5 Å². The van der Waals surface area contributed by atoms with Crippen molar-refractivity contribution < 1.29 is 27.4 Å². The molecule has 1 amide bonds. The Hall–Kier alpha value is -2.74. The van der Waals surface area contributed by atoms with E-state index in [0.717, 1.165) is 18.6 Å². The van der Waals surface area contributed by atoms with Gasteiger partial charge in [0.15, 0.2) is 11.5 Å². The van der Waals surface area contributed by atoms with Crippen LogP contribution in [0, 0.1) is 0 Å². The van der Waals surface area contributed by atoms with Crippen molar-refractivity contribution in [2.24, 2.45) is 5.10 Å². The van der Waals surface area contributed by atoms with Crippen LogP contribution in [0.25, 0.3) is 0 Å². The molecule has 0 aliphatic rings. The van der Waals surface area contributed by atoms with Gasteiger partial charge in [-0.3, -0.25) is 4.79 Å². The lowest BCUT2D eigenvalue weighted by molar-refractivity contribution is -0.137. The van der Waals surface area contributed by atoms with Crippen molar-refractivity contribution in [1.29, 1.82) is 0 Å². The molecule has 162 valence electrons. The predicted octanol–water partition coefficient (Wildman–Crippen LogP) is 5.24. The molecule has 0 aliphatic heterocycles. The molecule has 1 atom stereocenters. The zero-order valence-corrected chi connectivity index (χ0v) is 17.5. The maximum Gasteiger partial charge on any atom is 0.416 e. The Labute approximate surface area is 177 Å². The summed E-state index contributed by atoms with van der Waals surface area (Å²) in [5.41, 5.74) is 2.26. The summed E-state index contributed by atoms with van der Waals surface area (Å²) in [6.07, 6.45) is -2.61. The summed E-state index contributed by atoms with van der Waals surface area (Å²) in [4.78, 5) is 12.0. The van der Waals surface area contributed by atoms with Gasteiger partial charge in [0, 0.05) is 0 Å². The highest BCUT2D eigenvalue weighted by molar-refractivity contribution is 6.32. The zero-order valence-electron chi connectivity index (χ0n) is 16.7. The largest absolute Gasteiger partial charge is 0.493 e. The van der Waals surface area contributed by atoms with Gasteiger partial charge in [-0.15, -0.1) is 0 Å². The molecule has 0 saturated carbocycles. The Kier molecular flexibility index (Phi) is 8.11. The van der Waals surface area contributed by atoms with Crippen LogP contribution in [0.3, 0.4) is 0 Å². The Morgan fingerprint density at radius 3 is 2.67 bits per heavy atom. The first-order chi connectivity index (χ1) is 14.1. The van der Waals surface area contributed by atoms with Crippen LogP contribution in [0.15, 0.2) is 41.5 Å². The first-order valence-electron chi connectivity index (χ1n) is 9.16. The normalized spacial score (nSPS) is 12.6. The van der Waals surface area contributed by atoms with E-state index < -0.39 is 17.6 Å². The number of alkyl halides is 3. The van der Waals surface area contributed by atoms with Gasteiger partial charge in [-0.1, -0.05) is 36.7 Å². The van der Waals surface area contributed by atoms with Crippen LogP contribution in [-0.2, 0) is 17.4 Å². The van der Waals surface area contributed by atoms with E-state index in [2.05, 4.69) is 10.5 Å². The fraction of sp³-hybridized carbons (Fsp3) is 0.333. The fourth-order valence-electron chi connectivity index (χ4n) is 2.47. The van der Waals surface area contributed by atoms with Gasteiger partial charge in [0.2, 0.25) is 5.91 Å². The van der Waals surface area contributed by atoms with E-state index in [1.54, 1.807) is 12.1 Å². The summed E-state index contributed by atoms with van der Waals surface area (Å²) in [6, 6.07) is 7.83. The number of amides is 1. The lowest BCUT2D eigenvalue weighted by atomic mass is 10.1. The number of ether oxygens (including phenoxy) is 2. The number of halogens is 4. The summed E-state index contributed by atoms with van der Waals surface area (Å²) in [5, 5.41) is 4.16. The molecular weight excluding hydrogens is 421 g/mol. The highest BCUT2D eigenvalue weighted by Gasteiger charge is 2.30. The Balaban J connectivity index is 2.04. The molecule has 0 aliphatic carbocycles. The van der Waals surface area contributed by atoms with Crippen molar-refractivity contribution in [3.63, 3.8) is 0 Å². The lowest BCUT2D eigenvalue weighted by Gasteiger charge is -2.17. The van der Waals surface area contributed by atoms with E-state index in [-0.39, 0.29) is 18.1 Å². The molecule has 0 aromatic heterocycles. The number of hydrogen-bond acceptors (Lipinski definition) is 4. The summed E-state index contributed by atoms with van der Waals surface area (Å²) >= 11 is 6.27. The van der Waals surface area contributed by atoms with Gasteiger partial charge in [0.05, 0.1) is 36.4 Å². The number of methoxy groups -OCH3 is 1. The molecule has 0 unspecified atom stereocenters. The van der Waals surface area contributed by atoms with Gasteiger partial charge >= 0.3 is 6.18 Å². The van der Waals surface area contributed by atoms with Gasteiger partial charge in [0.25, 0.3) is 0 Å². The smallest absolute Gasteiger partial charge is 0.416 e. The number of carbonyl (C=O) groups is 1. The molecule has 0 heterocycles. The van der Waals surface area contributed by atoms with E-state index in [0.29, 0.717) is 22.1 Å². The molecule has 0 saturated heterocycles. The zero-order chi connectivity index (χ0) is 22.3. The van der Waals surface area contributed by atoms with Crippen molar-refractivity contribution in [3.05, 3.63) is 58.1 Å². The highest BCUT2D eigenvalue weighted by Crippen LogP contribution is 2.37. The highest BCUT2D eigenvalue weighted by atomic mass is 35.5. The molecule has 0 spiro atoms. The number of benzene rings is 2. The predicted molar refractivity (Wildman–Crippen MR) is 109 cm³/mol. The molecule has 2 aromatic carbocycles. The van der Waals surface area contributed by atoms with Crippen molar-refractivity contribution in [3.8, 4) is 11.5 Å². The van der Waals surface area contributed by atoms with E-state index in [9.17, 15) is 18.0 Å². The van der Waals surface area contributed by atoms with Crippen LogP contribution >= 0.6 is 11.6 Å². The molecule has 1 N–H and O–H groups in total. The molecular formula is C21H22ClF3N2O3. The summed E-state index contributed by atoms with van der Waals surface area (Å²) in [7, 11) is 1.48. The molecule has 0 bridgehead atoms. The van der Waals surface area contributed by atoms with Crippen LogP contribution in [-0.4, -0.2) is 25.3 Å². The Morgan fingerprint density at radius 2 is 2.03 bits per heavy atom. The molecule has 9 heteroatoms. The fourth-order valence-corrected chi connectivity index (χ4v) is 2.74. The monoisotopic (exact) mass is 442 g/mol. The first-order valence-corrected chi connectivity index (χ1v) is 9.54. The van der Waals surface area contributed by atoms with Crippen LogP contribution in [0.1, 0.15) is 37.0 Å². The van der Waals surface area contributed by atoms with Gasteiger partial charge in [-0.05, 0) is 42.7 Å². The van der Waals surface area contributed by atoms with E-state index in [4.69, 9.17) is 21.1 Å². The number of nitrogens with zero attached hydrogens (tertiary/aromatic N) is 1. The first kappa shape index (κ1) is 23.5. The number of nitrogens with one attached hydrogen (secondary N) is 1. The van der Waals surface area contributed by atoms with E-state index in [1.807, 2.05) is 13.8 Å². The third-order valence-electron chi connectivity index (χ3n) is 4.17. The molecule has 30 heavy (non-hydrogen) atoms. The van der Waals surface area contributed by atoms with Gasteiger partial charge in [-0.25, -0.2) is 5.43 Å². The minimum atomic E-state index is -4.46. The third kappa shape index (κ3) is 6.66. The van der Waals surface area contributed by atoms with E-state index >= 15 is 0 Å². The number of carbonyl (C=O) groups excluding carboxylic acids is 1. The SMILES string of the molecule is CC[C@H](C)Oc1c(Cl)cc(/C=N/NC(=O)Cc2cccc(C(F)(F)F)c2)cc1OC. The average Bonchev–Trinajstić information content (AvgIpc) is 2.69. The Bertz CT molecular complexity index is 917. The molecule has 2 aromatic rings. The van der Waals surface area contributed by atoms with Crippen molar-refractivity contribution in [1.82, 2.24) is 5.43 Å². The van der Waals surface area contributed by atoms with Crippen molar-refractivity contribution >= 4 is 23.7 Å². The molecule has 5 nitrogen and oxygen atoms in total. The van der Waals surface area contributed by atoms with Crippen LogP contribution in [0.5, 0.6) is 11.5 Å². The molecule has 0 fully saturated rings. The van der Waals surface area contributed by atoms with Gasteiger partial charge < -0.3 is 9.47 Å². The second-order valence-corrected chi connectivity index (χ2v) is 6.95. The second-order valence-electron chi connectivity index (χ2n) is 6.54. The maximum absolute atomic E-state index is 12.8. The summed E-state index contributed by atoms with van der Waals surface area (Å²) in [5.74, 6) is 0.277. The number of rotatable bonds is 8. The third-order valence-corrected chi connectivity index (χ3v) is 4.45. The van der Waals surface area contributed by atoms with Crippen LogP contribution < -0.4 is 14.9 Å². The van der Waals surface area contributed by atoms with Gasteiger partial charge in [-0.2, -0.15) is 18.3 Å². The topological polar surface area (TPSA) is 59.9 Å². The summed E-state index contributed by atoms with van der Waals surface area (Å²) in [6.45, 7) is 3.89. The van der Waals surface area contributed by atoms with Crippen LogP contribution in [0.4, 0.5) is 13.2 Å². The Morgan fingerprint density at radius 1 is 1.30 bits per heavy atom. The quantitative estimate of drug-likeness (QED) is 0.449. The average molecular weight is 443 g/mol. The number of hydrazone groups is 1. The second kappa shape index (κ2) is 10.3. The number of hydrogen-bond donors (Lipinski definition) is 1. The van der Waals surface area contributed by atoms with Gasteiger partial charge in [0.1, 0.15) is 0 Å². The lowest BCUT2D eigenvalue weighted by Crippen LogP contribution is -2.20. The summed E-state index contributed by atoms with van der Waals surface area (Å²) < 4.78 is 49.3. The maximum atomic E-state index is 12.8. The molecule has 2 rings (SSSR count). The minimum Gasteiger partial charge on any atom is -0.493 e. The minimum absolute atomic E-state index is 0.0500. The molecule has 0 radical (unpaired) electrons. The van der Waals surface area contributed by atoms with Crippen LogP contribution in [0.2, 0.25) is 5.02 Å².